The molecule has 0 spiro atoms. The summed E-state index contributed by atoms with van der Waals surface area (Å²) in [6.07, 6.45) is 0. The molecule has 5 nitrogen and oxygen atoms in total. The van der Waals surface area contributed by atoms with E-state index in [1.807, 2.05) is 27.8 Å². The Hall–Kier alpha value is -2.11. The Morgan fingerprint density at radius 3 is 2.43 bits per heavy atom. The van der Waals surface area contributed by atoms with Gasteiger partial charge in [-0.25, -0.2) is 9.38 Å². The van der Waals surface area contributed by atoms with Gasteiger partial charge in [-0.3, -0.25) is 4.79 Å². The third kappa shape index (κ3) is 5.88. The maximum Gasteiger partial charge on any atom is 0.242 e. The summed E-state index contributed by atoms with van der Waals surface area (Å²) in [5, 5.41) is 3.14. The number of nitrogens with zero attached hydrogens (tertiary/aromatic N) is 3. The molecule has 0 saturated carbocycles. The molecule has 128 valence electrons. The molecule has 1 aromatic rings. The van der Waals surface area contributed by atoms with Crippen LogP contribution in [-0.2, 0) is 11.3 Å². The Balaban J connectivity index is 2.78. The number of hydrogen-bond donors (Lipinski definition) is 1. The minimum absolute atomic E-state index is 0.0500. The topological polar surface area (TPSA) is 47.9 Å². The monoisotopic (exact) mass is 322 g/mol. The summed E-state index contributed by atoms with van der Waals surface area (Å²) in [4.78, 5) is 20.2. The maximum atomic E-state index is 13.7. The van der Waals surface area contributed by atoms with Crippen LogP contribution in [0.2, 0.25) is 0 Å². The van der Waals surface area contributed by atoms with Crippen LogP contribution >= 0.6 is 0 Å². The van der Waals surface area contributed by atoms with Gasteiger partial charge in [-0.2, -0.15) is 0 Å². The molecule has 0 radical (unpaired) electrons. The number of benzene rings is 1. The SMILES string of the molecule is CCNC(=NCc1ccccc1F)N(C)CC(=O)N(CC)CC. The molecule has 0 unspecified atom stereocenters. The fraction of sp³-hybridized carbons (Fsp3) is 0.529. The van der Waals surface area contributed by atoms with Crippen molar-refractivity contribution in [2.24, 2.45) is 4.99 Å². The fourth-order valence-electron chi connectivity index (χ4n) is 2.21. The summed E-state index contributed by atoms with van der Waals surface area (Å²) in [5.74, 6) is 0.374. The minimum atomic E-state index is -0.269. The van der Waals surface area contributed by atoms with Crippen molar-refractivity contribution < 1.29 is 9.18 Å². The summed E-state index contributed by atoms with van der Waals surface area (Å²) in [6.45, 7) is 8.40. The van der Waals surface area contributed by atoms with E-state index >= 15 is 0 Å². The first-order valence-electron chi connectivity index (χ1n) is 8.04. The highest BCUT2D eigenvalue weighted by Crippen LogP contribution is 2.07. The summed E-state index contributed by atoms with van der Waals surface area (Å²) in [6, 6.07) is 6.58. The second-order valence-corrected chi connectivity index (χ2v) is 5.18. The third-order valence-electron chi connectivity index (χ3n) is 3.54. The molecule has 0 bridgehead atoms. The first-order chi connectivity index (χ1) is 11.0. The van der Waals surface area contributed by atoms with Crippen LogP contribution in [0.4, 0.5) is 4.39 Å². The van der Waals surface area contributed by atoms with Gasteiger partial charge in [0.05, 0.1) is 13.1 Å². The lowest BCUT2D eigenvalue weighted by Gasteiger charge is -2.25. The molecule has 23 heavy (non-hydrogen) atoms. The molecule has 0 saturated heterocycles. The molecule has 6 heteroatoms. The zero-order chi connectivity index (χ0) is 17.2. The largest absolute Gasteiger partial charge is 0.357 e. The standard InChI is InChI=1S/C17H27FN4O/c1-5-19-17(20-12-14-10-8-9-11-15(14)18)21(4)13-16(23)22(6-2)7-3/h8-11H,5-7,12-13H2,1-4H3,(H,19,20). The molecule has 0 aliphatic heterocycles. The van der Waals surface area contributed by atoms with Crippen molar-refractivity contribution in [1.82, 2.24) is 15.1 Å². The Labute approximate surface area is 138 Å². The maximum absolute atomic E-state index is 13.7. The van der Waals surface area contributed by atoms with Crippen molar-refractivity contribution in [3.63, 3.8) is 0 Å². The number of aliphatic imine (C=N–C) groups is 1. The summed E-state index contributed by atoms with van der Waals surface area (Å²) >= 11 is 0. The number of hydrogen-bond acceptors (Lipinski definition) is 2. The second kappa shape index (κ2) is 9.82. The summed E-state index contributed by atoms with van der Waals surface area (Å²) in [5.41, 5.74) is 0.534. The first-order valence-corrected chi connectivity index (χ1v) is 8.04. The molecule has 0 atom stereocenters. The Morgan fingerprint density at radius 2 is 1.87 bits per heavy atom. The van der Waals surface area contributed by atoms with Crippen molar-refractivity contribution >= 4 is 11.9 Å². The highest BCUT2D eigenvalue weighted by molar-refractivity contribution is 5.86. The van der Waals surface area contributed by atoms with Gasteiger partial charge in [-0.05, 0) is 26.8 Å². The van der Waals surface area contributed by atoms with Gasteiger partial charge in [0.1, 0.15) is 5.82 Å². The second-order valence-electron chi connectivity index (χ2n) is 5.18. The predicted molar refractivity (Wildman–Crippen MR) is 91.8 cm³/mol. The van der Waals surface area contributed by atoms with E-state index in [1.54, 1.807) is 28.0 Å². The number of halogens is 1. The molecular formula is C17H27FN4O. The molecule has 1 aromatic carbocycles. The van der Waals surface area contributed by atoms with Crippen LogP contribution in [0.3, 0.4) is 0 Å². The van der Waals surface area contributed by atoms with Crippen LogP contribution < -0.4 is 5.32 Å². The van der Waals surface area contributed by atoms with Gasteiger partial charge in [0, 0.05) is 32.2 Å². The molecule has 0 aromatic heterocycles. The van der Waals surface area contributed by atoms with Crippen molar-refractivity contribution in [2.45, 2.75) is 27.3 Å². The van der Waals surface area contributed by atoms with Crippen LogP contribution in [0.5, 0.6) is 0 Å². The van der Waals surface area contributed by atoms with E-state index in [4.69, 9.17) is 0 Å². The normalized spacial score (nSPS) is 11.3. The van der Waals surface area contributed by atoms with Crippen molar-refractivity contribution in [1.29, 1.82) is 0 Å². The van der Waals surface area contributed by atoms with Crippen LogP contribution in [0.1, 0.15) is 26.3 Å². The van der Waals surface area contributed by atoms with Gasteiger partial charge >= 0.3 is 0 Å². The van der Waals surface area contributed by atoms with E-state index in [-0.39, 0.29) is 24.8 Å². The molecule has 1 N–H and O–H groups in total. The zero-order valence-corrected chi connectivity index (χ0v) is 14.5. The summed E-state index contributed by atoms with van der Waals surface area (Å²) in [7, 11) is 1.81. The van der Waals surface area contributed by atoms with E-state index in [0.29, 0.717) is 31.2 Å². The Morgan fingerprint density at radius 1 is 1.22 bits per heavy atom. The Kier molecular flexibility index (Phi) is 8.08. The van der Waals surface area contributed by atoms with Gasteiger partial charge in [-0.1, -0.05) is 18.2 Å². The number of nitrogens with one attached hydrogen (secondary N) is 1. The average molecular weight is 322 g/mol. The highest BCUT2D eigenvalue weighted by Gasteiger charge is 2.15. The third-order valence-corrected chi connectivity index (χ3v) is 3.54. The van der Waals surface area contributed by atoms with E-state index in [2.05, 4.69) is 10.3 Å². The zero-order valence-electron chi connectivity index (χ0n) is 14.5. The highest BCUT2D eigenvalue weighted by atomic mass is 19.1. The quantitative estimate of drug-likeness (QED) is 0.618. The average Bonchev–Trinajstić information content (AvgIpc) is 2.53. The minimum Gasteiger partial charge on any atom is -0.357 e. The van der Waals surface area contributed by atoms with E-state index in [1.165, 1.54) is 6.07 Å². The fourth-order valence-corrected chi connectivity index (χ4v) is 2.21. The summed E-state index contributed by atoms with van der Waals surface area (Å²) < 4.78 is 13.7. The van der Waals surface area contributed by atoms with Crippen molar-refractivity contribution in [2.75, 3.05) is 33.2 Å². The predicted octanol–water partition coefficient (Wildman–Crippen LogP) is 2.09. The lowest BCUT2D eigenvalue weighted by Crippen LogP contribution is -2.45. The number of guanidine groups is 1. The van der Waals surface area contributed by atoms with Crippen LogP contribution in [0, 0.1) is 5.82 Å². The number of rotatable bonds is 7. The van der Waals surface area contributed by atoms with Gasteiger partial charge in [0.2, 0.25) is 5.91 Å². The molecule has 1 rings (SSSR count). The van der Waals surface area contributed by atoms with Gasteiger partial charge in [0.25, 0.3) is 0 Å². The van der Waals surface area contributed by atoms with Crippen molar-refractivity contribution in [3.8, 4) is 0 Å². The van der Waals surface area contributed by atoms with Crippen molar-refractivity contribution in [3.05, 3.63) is 35.6 Å². The lowest BCUT2D eigenvalue weighted by atomic mass is 10.2. The molecule has 0 aliphatic carbocycles. The molecular weight excluding hydrogens is 295 g/mol. The lowest BCUT2D eigenvalue weighted by molar-refractivity contribution is -0.131. The van der Waals surface area contributed by atoms with E-state index in [0.717, 1.165) is 0 Å². The molecule has 0 fully saturated rings. The number of carbonyl (C=O) groups excluding carboxylic acids is 1. The van der Waals surface area contributed by atoms with Gasteiger partial charge < -0.3 is 15.1 Å². The van der Waals surface area contributed by atoms with E-state index in [9.17, 15) is 9.18 Å². The number of carbonyl (C=O) groups is 1. The smallest absolute Gasteiger partial charge is 0.242 e. The number of amides is 1. The number of likely N-dealkylation sites (N-methyl/N-ethyl adjacent to an activating group) is 2. The van der Waals surface area contributed by atoms with Crippen LogP contribution in [-0.4, -0.2) is 54.9 Å². The first kappa shape index (κ1) is 18.9. The van der Waals surface area contributed by atoms with E-state index < -0.39 is 0 Å². The molecule has 0 aliphatic rings. The molecule has 1 amide bonds. The van der Waals surface area contributed by atoms with Gasteiger partial charge in [0.15, 0.2) is 5.96 Å². The van der Waals surface area contributed by atoms with Gasteiger partial charge in [-0.15, -0.1) is 0 Å². The van der Waals surface area contributed by atoms with Crippen LogP contribution in [0.25, 0.3) is 0 Å². The molecule has 0 heterocycles. The van der Waals surface area contributed by atoms with Crippen LogP contribution in [0.15, 0.2) is 29.3 Å². The Bertz CT molecular complexity index is 529.